The minimum atomic E-state index is -0.930. The van der Waals surface area contributed by atoms with Crippen LogP contribution in [0.4, 0.5) is 5.13 Å². The molecular weight excluding hydrogens is 240 g/mol. The van der Waals surface area contributed by atoms with Gasteiger partial charge in [0, 0.05) is 13.2 Å². The Morgan fingerprint density at radius 1 is 1.59 bits per heavy atom. The van der Waals surface area contributed by atoms with Crippen molar-refractivity contribution in [2.24, 2.45) is 0 Å². The van der Waals surface area contributed by atoms with Gasteiger partial charge in [0.25, 0.3) is 0 Å². The normalized spacial score (nSPS) is 10.8. The Hall–Kier alpha value is -1.14. The molecule has 96 valence electrons. The number of carbonyl (C=O) groups is 1. The van der Waals surface area contributed by atoms with E-state index in [4.69, 9.17) is 9.84 Å². The number of thiazole rings is 1. The largest absolute Gasteiger partial charge is 0.477 e. The van der Waals surface area contributed by atoms with Crippen molar-refractivity contribution < 1.29 is 14.6 Å². The Morgan fingerprint density at radius 2 is 2.35 bits per heavy atom. The monoisotopic (exact) mass is 258 g/mol. The zero-order valence-electron chi connectivity index (χ0n) is 10.1. The van der Waals surface area contributed by atoms with Crippen molar-refractivity contribution >= 4 is 22.4 Å². The van der Waals surface area contributed by atoms with Gasteiger partial charge in [-0.05, 0) is 26.7 Å². The van der Waals surface area contributed by atoms with Gasteiger partial charge >= 0.3 is 5.97 Å². The smallest absolute Gasteiger partial charge is 0.347 e. The molecule has 0 aliphatic heterocycles. The van der Waals surface area contributed by atoms with Crippen LogP contribution in [0.1, 0.15) is 36.4 Å². The Morgan fingerprint density at radius 3 is 2.94 bits per heavy atom. The van der Waals surface area contributed by atoms with E-state index in [1.54, 1.807) is 0 Å². The molecule has 1 aromatic rings. The minimum Gasteiger partial charge on any atom is -0.477 e. The van der Waals surface area contributed by atoms with Gasteiger partial charge in [-0.3, -0.25) is 0 Å². The molecule has 0 spiro atoms. The van der Waals surface area contributed by atoms with Gasteiger partial charge in [0.1, 0.15) is 4.88 Å². The lowest BCUT2D eigenvalue weighted by molar-refractivity contribution is 0.0701. The van der Waals surface area contributed by atoms with Crippen LogP contribution in [0, 0.1) is 0 Å². The molecule has 0 atom stereocenters. The van der Waals surface area contributed by atoms with E-state index >= 15 is 0 Å². The highest BCUT2D eigenvalue weighted by molar-refractivity contribution is 7.17. The molecule has 6 heteroatoms. The number of unbranched alkanes of at least 4 members (excludes halogenated alkanes) is 1. The Balaban J connectivity index is 2.11. The number of hydrogen-bond donors (Lipinski definition) is 2. The highest BCUT2D eigenvalue weighted by atomic mass is 32.1. The van der Waals surface area contributed by atoms with Crippen LogP contribution in [0.15, 0.2) is 6.20 Å². The number of carboxylic acid groups (broad SMARTS) is 1. The van der Waals surface area contributed by atoms with E-state index in [1.165, 1.54) is 6.20 Å². The van der Waals surface area contributed by atoms with Gasteiger partial charge in [0.15, 0.2) is 5.13 Å². The van der Waals surface area contributed by atoms with Gasteiger partial charge in [0.2, 0.25) is 0 Å². The Labute approximate surface area is 105 Å². The molecular formula is C11H18N2O3S. The molecule has 0 bridgehead atoms. The van der Waals surface area contributed by atoms with Crippen LogP contribution < -0.4 is 5.32 Å². The van der Waals surface area contributed by atoms with Crippen LogP contribution in [0.5, 0.6) is 0 Å². The summed E-state index contributed by atoms with van der Waals surface area (Å²) in [5, 5.41) is 12.5. The van der Waals surface area contributed by atoms with Crippen molar-refractivity contribution in [3.8, 4) is 0 Å². The van der Waals surface area contributed by atoms with E-state index in [1.807, 2.05) is 13.8 Å². The highest BCUT2D eigenvalue weighted by Gasteiger charge is 2.07. The molecule has 1 aromatic heterocycles. The number of carboxylic acids is 1. The maximum Gasteiger partial charge on any atom is 0.347 e. The fourth-order valence-electron chi connectivity index (χ4n) is 1.20. The first-order chi connectivity index (χ1) is 8.09. The number of rotatable bonds is 8. The average molecular weight is 258 g/mol. The van der Waals surface area contributed by atoms with E-state index in [2.05, 4.69) is 10.3 Å². The van der Waals surface area contributed by atoms with Gasteiger partial charge in [-0.15, -0.1) is 0 Å². The van der Waals surface area contributed by atoms with Crippen molar-refractivity contribution in [2.75, 3.05) is 18.5 Å². The predicted octanol–water partition coefficient (Wildman–Crippen LogP) is 2.46. The average Bonchev–Trinajstić information content (AvgIpc) is 2.71. The molecule has 0 aliphatic carbocycles. The quantitative estimate of drug-likeness (QED) is 0.701. The third-order valence-corrected chi connectivity index (χ3v) is 2.96. The molecule has 0 aromatic carbocycles. The van der Waals surface area contributed by atoms with E-state index in [0.29, 0.717) is 5.13 Å². The lowest BCUT2D eigenvalue weighted by Gasteiger charge is -2.07. The van der Waals surface area contributed by atoms with Gasteiger partial charge < -0.3 is 15.2 Å². The molecule has 0 amide bonds. The summed E-state index contributed by atoms with van der Waals surface area (Å²) in [6.07, 6.45) is 3.62. The lowest BCUT2D eigenvalue weighted by Crippen LogP contribution is -2.06. The van der Waals surface area contributed by atoms with Crippen molar-refractivity contribution in [3.63, 3.8) is 0 Å². The molecule has 0 radical (unpaired) electrons. The van der Waals surface area contributed by atoms with Crippen LogP contribution in [-0.4, -0.2) is 35.3 Å². The van der Waals surface area contributed by atoms with Gasteiger partial charge in [0.05, 0.1) is 12.3 Å². The number of anilines is 1. The number of hydrogen-bond acceptors (Lipinski definition) is 5. The van der Waals surface area contributed by atoms with E-state index in [9.17, 15) is 4.79 Å². The van der Waals surface area contributed by atoms with Gasteiger partial charge in [-0.25, -0.2) is 9.78 Å². The standard InChI is InChI=1S/C11H18N2O3S/c1-8(2)16-6-4-3-5-12-11-13-7-9(17-11)10(14)15/h7-8H,3-6H2,1-2H3,(H,12,13)(H,14,15). The van der Waals surface area contributed by atoms with Crippen LogP contribution in [0.25, 0.3) is 0 Å². The first kappa shape index (κ1) is 13.9. The lowest BCUT2D eigenvalue weighted by atomic mass is 10.3. The number of aromatic carboxylic acids is 1. The maximum absolute atomic E-state index is 10.6. The van der Waals surface area contributed by atoms with E-state index in [0.717, 1.165) is 37.3 Å². The number of nitrogens with zero attached hydrogens (tertiary/aromatic N) is 1. The van der Waals surface area contributed by atoms with E-state index < -0.39 is 5.97 Å². The van der Waals surface area contributed by atoms with Crippen molar-refractivity contribution in [1.29, 1.82) is 0 Å². The van der Waals surface area contributed by atoms with E-state index in [-0.39, 0.29) is 11.0 Å². The number of aromatic nitrogens is 1. The predicted molar refractivity (Wildman–Crippen MR) is 67.9 cm³/mol. The summed E-state index contributed by atoms with van der Waals surface area (Å²) in [5.41, 5.74) is 0. The summed E-state index contributed by atoms with van der Waals surface area (Å²) in [7, 11) is 0. The first-order valence-corrected chi connectivity index (χ1v) is 6.46. The van der Waals surface area contributed by atoms with Gasteiger partial charge in [-0.1, -0.05) is 11.3 Å². The van der Waals surface area contributed by atoms with Crippen LogP contribution in [0.3, 0.4) is 0 Å². The molecule has 0 saturated carbocycles. The van der Waals surface area contributed by atoms with Crippen LogP contribution in [0.2, 0.25) is 0 Å². The highest BCUT2D eigenvalue weighted by Crippen LogP contribution is 2.17. The first-order valence-electron chi connectivity index (χ1n) is 5.64. The zero-order valence-corrected chi connectivity index (χ0v) is 10.9. The molecule has 0 aliphatic rings. The summed E-state index contributed by atoms with van der Waals surface area (Å²) < 4.78 is 5.41. The third kappa shape index (κ3) is 5.65. The molecule has 5 nitrogen and oxygen atoms in total. The van der Waals surface area contributed by atoms with Gasteiger partial charge in [-0.2, -0.15) is 0 Å². The topological polar surface area (TPSA) is 71.5 Å². The molecule has 1 rings (SSSR count). The summed E-state index contributed by atoms with van der Waals surface area (Å²) >= 11 is 1.16. The van der Waals surface area contributed by atoms with Crippen LogP contribution >= 0.6 is 11.3 Å². The summed E-state index contributed by atoms with van der Waals surface area (Å²) in [6, 6.07) is 0. The second-order valence-corrected chi connectivity index (χ2v) is 4.92. The second-order valence-electron chi connectivity index (χ2n) is 3.89. The van der Waals surface area contributed by atoms with Crippen LogP contribution in [-0.2, 0) is 4.74 Å². The molecule has 1 heterocycles. The fraction of sp³-hybridized carbons (Fsp3) is 0.636. The summed E-state index contributed by atoms with van der Waals surface area (Å²) in [4.78, 5) is 14.9. The van der Waals surface area contributed by atoms with Crippen molar-refractivity contribution in [1.82, 2.24) is 4.98 Å². The SMILES string of the molecule is CC(C)OCCCCNc1ncc(C(=O)O)s1. The summed E-state index contributed by atoms with van der Waals surface area (Å²) in [5.74, 6) is -0.930. The fourth-order valence-corrected chi connectivity index (χ4v) is 1.88. The number of ether oxygens (including phenoxy) is 1. The van der Waals surface area contributed by atoms with Crippen molar-refractivity contribution in [3.05, 3.63) is 11.1 Å². The molecule has 17 heavy (non-hydrogen) atoms. The molecule has 0 fully saturated rings. The Kier molecular flexibility index (Phi) is 5.93. The zero-order chi connectivity index (χ0) is 12.7. The molecule has 0 unspecified atom stereocenters. The molecule has 2 N–H and O–H groups in total. The Bertz CT molecular complexity index is 352. The number of nitrogens with one attached hydrogen (secondary N) is 1. The minimum absolute atomic E-state index is 0.260. The van der Waals surface area contributed by atoms with Crippen molar-refractivity contribution in [2.45, 2.75) is 32.8 Å². The third-order valence-electron chi connectivity index (χ3n) is 2.01. The summed E-state index contributed by atoms with van der Waals surface area (Å²) in [6.45, 7) is 5.58. The second kappa shape index (κ2) is 7.24. The maximum atomic E-state index is 10.6. The molecule has 0 saturated heterocycles.